The molecule has 2 N–H and O–H groups in total. The Kier molecular flexibility index (Phi) is 3.34. The maximum atomic E-state index is 4.13. The molecule has 3 rings (SSSR count). The first-order valence-corrected chi connectivity index (χ1v) is 6.99. The van der Waals surface area contributed by atoms with Gasteiger partial charge in [-0.25, -0.2) is 4.98 Å². The molecule has 0 saturated heterocycles. The molecule has 1 aliphatic rings. The average Bonchev–Trinajstić information content (AvgIpc) is 3.06. The number of hydrogen-bond donors (Lipinski definition) is 2. The minimum absolute atomic E-state index is 0.758. The molecule has 0 bridgehead atoms. The quantitative estimate of drug-likeness (QED) is 0.867. The summed E-state index contributed by atoms with van der Waals surface area (Å²) in [4.78, 5) is 5.35. The van der Waals surface area contributed by atoms with E-state index in [0.29, 0.717) is 0 Å². The van der Waals surface area contributed by atoms with Crippen LogP contribution in [0.5, 0.6) is 0 Å². The molecule has 18 heavy (non-hydrogen) atoms. The highest BCUT2D eigenvalue weighted by Gasteiger charge is 2.19. The van der Waals surface area contributed by atoms with Crippen molar-refractivity contribution in [3.63, 3.8) is 0 Å². The van der Waals surface area contributed by atoms with Crippen molar-refractivity contribution in [2.45, 2.75) is 42.4 Å². The van der Waals surface area contributed by atoms with Crippen LogP contribution < -0.4 is 5.32 Å². The summed E-state index contributed by atoms with van der Waals surface area (Å²) >= 11 is 1.62. The van der Waals surface area contributed by atoms with Crippen molar-refractivity contribution < 1.29 is 0 Å². The second-order valence-electron chi connectivity index (χ2n) is 4.65. The van der Waals surface area contributed by atoms with Crippen molar-refractivity contribution in [3.05, 3.63) is 35.7 Å². The van der Waals surface area contributed by atoms with Crippen LogP contribution >= 0.6 is 11.8 Å². The molecular weight excluding hydrogens is 244 g/mol. The van der Waals surface area contributed by atoms with Gasteiger partial charge < -0.3 is 5.32 Å². The second-order valence-corrected chi connectivity index (χ2v) is 5.68. The molecule has 0 aliphatic heterocycles. The van der Waals surface area contributed by atoms with E-state index in [4.69, 9.17) is 0 Å². The van der Waals surface area contributed by atoms with Crippen molar-refractivity contribution in [2.75, 3.05) is 0 Å². The van der Waals surface area contributed by atoms with Gasteiger partial charge in [0.2, 0.25) is 0 Å². The van der Waals surface area contributed by atoms with E-state index < -0.39 is 0 Å². The van der Waals surface area contributed by atoms with Gasteiger partial charge in [-0.15, -0.1) is 0 Å². The molecule has 1 aliphatic carbocycles. The lowest BCUT2D eigenvalue weighted by molar-refractivity contribution is 0.687. The Morgan fingerprint density at radius 3 is 3.00 bits per heavy atom. The fourth-order valence-corrected chi connectivity index (χ4v) is 2.60. The Bertz CT molecular complexity index is 520. The number of H-pyrrole nitrogens is 1. The van der Waals surface area contributed by atoms with Gasteiger partial charge in [0, 0.05) is 17.5 Å². The standard InChI is InChI=1S/C13H16N4S/c1-9-6-10(7-14-11-3-4-11)2-5-12(9)18-13-15-8-16-17-13/h2,5-6,8,11,14H,3-4,7H2,1H3,(H,15,16,17). The van der Waals surface area contributed by atoms with Gasteiger partial charge in [-0.2, -0.15) is 5.10 Å². The Labute approximate surface area is 111 Å². The van der Waals surface area contributed by atoms with Crippen molar-refractivity contribution in [1.29, 1.82) is 0 Å². The third-order valence-corrected chi connectivity index (χ3v) is 4.08. The number of hydrogen-bond acceptors (Lipinski definition) is 4. The van der Waals surface area contributed by atoms with Crippen molar-refractivity contribution in [2.24, 2.45) is 0 Å². The van der Waals surface area contributed by atoms with Crippen LogP contribution in [-0.2, 0) is 6.54 Å². The number of aromatic nitrogens is 3. The number of nitrogens with one attached hydrogen (secondary N) is 2. The monoisotopic (exact) mass is 260 g/mol. The molecule has 0 unspecified atom stereocenters. The molecule has 0 atom stereocenters. The fourth-order valence-electron chi connectivity index (χ4n) is 1.83. The van der Waals surface area contributed by atoms with Crippen molar-refractivity contribution in [1.82, 2.24) is 20.5 Å². The van der Waals surface area contributed by atoms with Gasteiger partial charge in [-0.3, -0.25) is 5.10 Å². The van der Waals surface area contributed by atoms with Crippen LogP contribution in [0, 0.1) is 6.92 Å². The second kappa shape index (κ2) is 5.12. The summed E-state index contributed by atoms with van der Waals surface area (Å²) in [5.41, 5.74) is 2.63. The minimum atomic E-state index is 0.758. The predicted molar refractivity (Wildman–Crippen MR) is 71.5 cm³/mol. The topological polar surface area (TPSA) is 53.6 Å². The van der Waals surface area contributed by atoms with Gasteiger partial charge in [0.15, 0.2) is 5.16 Å². The normalized spacial score (nSPS) is 14.9. The van der Waals surface area contributed by atoms with Gasteiger partial charge in [-0.05, 0) is 37.0 Å². The Morgan fingerprint density at radius 2 is 2.33 bits per heavy atom. The Hall–Kier alpha value is -1.33. The fraction of sp³-hybridized carbons (Fsp3) is 0.385. The first kappa shape index (κ1) is 11.7. The molecule has 1 heterocycles. The van der Waals surface area contributed by atoms with Crippen LogP contribution in [-0.4, -0.2) is 21.2 Å². The molecule has 1 aromatic heterocycles. The molecule has 0 spiro atoms. The summed E-state index contributed by atoms with van der Waals surface area (Å²) in [6, 6.07) is 7.34. The van der Waals surface area contributed by atoms with E-state index >= 15 is 0 Å². The highest BCUT2D eigenvalue weighted by atomic mass is 32.2. The molecule has 4 nitrogen and oxygen atoms in total. The third kappa shape index (κ3) is 2.91. The summed E-state index contributed by atoms with van der Waals surface area (Å²) in [6.07, 6.45) is 4.20. The van der Waals surface area contributed by atoms with E-state index in [1.165, 1.54) is 35.2 Å². The maximum Gasteiger partial charge on any atom is 0.188 e. The summed E-state index contributed by atoms with van der Waals surface area (Å²) in [5, 5.41) is 11.1. The van der Waals surface area contributed by atoms with E-state index in [9.17, 15) is 0 Å². The lowest BCUT2D eigenvalue weighted by Gasteiger charge is -2.07. The van der Waals surface area contributed by atoms with Gasteiger partial charge in [0.1, 0.15) is 6.33 Å². The largest absolute Gasteiger partial charge is 0.310 e. The highest BCUT2D eigenvalue weighted by molar-refractivity contribution is 7.99. The summed E-state index contributed by atoms with van der Waals surface area (Å²) < 4.78 is 0. The summed E-state index contributed by atoms with van der Waals surface area (Å²) in [5.74, 6) is 0. The average molecular weight is 260 g/mol. The van der Waals surface area contributed by atoms with E-state index in [0.717, 1.165) is 17.7 Å². The van der Waals surface area contributed by atoms with Crippen LogP contribution in [0.1, 0.15) is 24.0 Å². The van der Waals surface area contributed by atoms with Crippen LogP contribution in [0.4, 0.5) is 0 Å². The van der Waals surface area contributed by atoms with Crippen LogP contribution in [0.2, 0.25) is 0 Å². The lowest BCUT2D eigenvalue weighted by Crippen LogP contribution is -2.15. The molecule has 2 aromatic rings. The molecule has 0 radical (unpaired) electrons. The number of nitrogens with zero attached hydrogens (tertiary/aromatic N) is 2. The third-order valence-electron chi connectivity index (χ3n) is 3.01. The summed E-state index contributed by atoms with van der Waals surface area (Å²) in [6.45, 7) is 3.11. The SMILES string of the molecule is Cc1cc(CNC2CC2)ccc1Sc1ncn[nH]1. The summed E-state index contributed by atoms with van der Waals surface area (Å²) in [7, 11) is 0. The van der Waals surface area contributed by atoms with Crippen LogP contribution in [0.3, 0.4) is 0 Å². The zero-order valence-corrected chi connectivity index (χ0v) is 11.1. The van der Waals surface area contributed by atoms with E-state index in [1.807, 2.05) is 0 Å². The molecule has 94 valence electrons. The van der Waals surface area contributed by atoms with Crippen molar-refractivity contribution >= 4 is 11.8 Å². The number of rotatable bonds is 5. The van der Waals surface area contributed by atoms with E-state index in [-0.39, 0.29) is 0 Å². The predicted octanol–water partition coefficient (Wildman–Crippen LogP) is 2.52. The first-order valence-electron chi connectivity index (χ1n) is 6.17. The van der Waals surface area contributed by atoms with Crippen molar-refractivity contribution in [3.8, 4) is 0 Å². The van der Waals surface area contributed by atoms with Gasteiger partial charge >= 0.3 is 0 Å². The van der Waals surface area contributed by atoms with E-state index in [2.05, 4.69) is 45.6 Å². The van der Waals surface area contributed by atoms with Gasteiger partial charge in [-0.1, -0.05) is 23.9 Å². The zero-order valence-electron chi connectivity index (χ0n) is 10.3. The molecule has 5 heteroatoms. The van der Waals surface area contributed by atoms with Gasteiger partial charge in [0.25, 0.3) is 0 Å². The Morgan fingerprint density at radius 1 is 1.44 bits per heavy atom. The number of benzene rings is 1. The smallest absolute Gasteiger partial charge is 0.188 e. The van der Waals surface area contributed by atoms with E-state index in [1.54, 1.807) is 11.8 Å². The van der Waals surface area contributed by atoms with Gasteiger partial charge in [0.05, 0.1) is 0 Å². The maximum absolute atomic E-state index is 4.13. The minimum Gasteiger partial charge on any atom is -0.310 e. The molecule has 1 aromatic carbocycles. The molecule has 1 saturated carbocycles. The highest BCUT2D eigenvalue weighted by Crippen LogP contribution is 2.28. The first-order chi connectivity index (χ1) is 8.81. The van der Waals surface area contributed by atoms with Crippen LogP contribution in [0.15, 0.2) is 34.6 Å². The lowest BCUT2D eigenvalue weighted by atomic mass is 10.1. The molecule has 0 amide bonds. The zero-order chi connectivity index (χ0) is 12.4. The molecule has 1 fully saturated rings. The number of aryl methyl sites for hydroxylation is 1. The molecular formula is C13H16N4S. The number of aromatic amines is 1. The Balaban J connectivity index is 1.67. The van der Waals surface area contributed by atoms with Crippen LogP contribution in [0.25, 0.3) is 0 Å².